The molecule has 0 unspecified atom stereocenters. The number of aromatic nitrogens is 1. The van der Waals surface area contributed by atoms with Crippen molar-refractivity contribution < 1.29 is 14.3 Å². The molecular formula is C16H22N4O3S. The van der Waals surface area contributed by atoms with Crippen LogP contribution in [0.5, 0.6) is 0 Å². The van der Waals surface area contributed by atoms with E-state index in [4.69, 9.17) is 4.74 Å². The van der Waals surface area contributed by atoms with E-state index in [1.807, 2.05) is 10.3 Å². The van der Waals surface area contributed by atoms with Crippen LogP contribution in [0.15, 0.2) is 11.6 Å². The average molecular weight is 350 g/mol. The van der Waals surface area contributed by atoms with Gasteiger partial charge in [-0.25, -0.2) is 9.78 Å². The number of nitrogens with one attached hydrogen (secondary N) is 1. The summed E-state index contributed by atoms with van der Waals surface area (Å²) in [6, 6.07) is 0.299. The fourth-order valence-corrected chi connectivity index (χ4v) is 4.11. The van der Waals surface area contributed by atoms with Gasteiger partial charge >= 0.3 is 6.09 Å². The van der Waals surface area contributed by atoms with Crippen LogP contribution in [-0.2, 0) is 16.1 Å². The van der Waals surface area contributed by atoms with Crippen LogP contribution in [0.25, 0.3) is 0 Å². The predicted molar refractivity (Wildman–Crippen MR) is 88.6 cm³/mol. The van der Waals surface area contributed by atoms with Gasteiger partial charge in [0.15, 0.2) is 0 Å². The first-order valence-corrected chi connectivity index (χ1v) is 9.40. The molecule has 0 bridgehead atoms. The summed E-state index contributed by atoms with van der Waals surface area (Å²) in [5.74, 6) is -0.00404. The van der Waals surface area contributed by atoms with Crippen molar-refractivity contribution in [2.24, 2.45) is 0 Å². The van der Waals surface area contributed by atoms with E-state index >= 15 is 0 Å². The molecule has 3 aliphatic rings. The van der Waals surface area contributed by atoms with Crippen molar-refractivity contribution in [2.45, 2.75) is 43.9 Å². The number of hydrogen-bond acceptors (Lipinski definition) is 6. The lowest BCUT2D eigenvalue weighted by molar-refractivity contribution is -0.133. The summed E-state index contributed by atoms with van der Waals surface area (Å²) in [6.45, 7) is 2.88. The molecule has 130 valence electrons. The molecule has 4 rings (SSSR count). The summed E-state index contributed by atoms with van der Waals surface area (Å²) in [6.07, 6.45) is 5.11. The van der Waals surface area contributed by atoms with Gasteiger partial charge in [0, 0.05) is 30.5 Å². The van der Waals surface area contributed by atoms with E-state index in [1.165, 1.54) is 0 Å². The lowest BCUT2D eigenvalue weighted by Crippen LogP contribution is -2.46. The SMILES string of the molecule is O=C1OC2(CCNCC2)CN1CC(=O)N(Cc1nccs1)C1CC1. The number of carbonyl (C=O) groups is 2. The van der Waals surface area contributed by atoms with Gasteiger partial charge in [-0.2, -0.15) is 0 Å². The topological polar surface area (TPSA) is 74.8 Å². The number of ether oxygens (including phenoxy) is 1. The van der Waals surface area contributed by atoms with E-state index in [1.54, 1.807) is 22.4 Å². The quantitative estimate of drug-likeness (QED) is 0.864. The summed E-state index contributed by atoms with van der Waals surface area (Å²) < 4.78 is 5.63. The third-order valence-electron chi connectivity index (χ3n) is 4.98. The van der Waals surface area contributed by atoms with Gasteiger partial charge in [0.05, 0.1) is 13.1 Å². The number of amides is 2. The van der Waals surface area contributed by atoms with E-state index in [0.29, 0.717) is 19.1 Å². The van der Waals surface area contributed by atoms with Crippen molar-refractivity contribution >= 4 is 23.3 Å². The Morgan fingerprint density at radius 3 is 2.92 bits per heavy atom. The Bertz CT molecular complexity index is 611. The molecule has 1 aromatic rings. The van der Waals surface area contributed by atoms with Crippen molar-refractivity contribution in [3.05, 3.63) is 16.6 Å². The third-order valence-corrected chi connectivity index (χ3v) is 5.74. The van der Waals surface area contributed by atoms with Crippen LogP contribution >= 0.6 is 11.3 Å². The lowest BCUT2D eigenvalue weighted by Gasteiger charge is -2.31. The highest BCUT2D eigenvalue weighted by molar-refractivity contribution is 7.09. The van der Waals surface area contributed by atoms with E-state index in [9.17, 15) is 9.59 Å². The number of nitrogens with zero attached hydrogens (tertiary/aromatic N) is 3. The minimum absolute atomic E-state index is 0.00404. The summed E-state index contributed by atoms with van der Waals surface area (Å²) >= 11 is 1.56. The van der Waals surface area contributed by atoms with Crippen molar-refractivity contribution in [1.82, 2.24) is 20.1 Å². The maximum Gasteiger partial charge on any atom is 0.410 e. The fraction of sp³-hybridized carbons (Fsp3) is 0.688. The largest absolute Gasteiger partial charge is 0.441 e. The van der Waals surface area contributed by atoms with Crippen LogP contribution in [0.3, 0.4) is 0 Å². The Morgan fingerprint density at radius 1 is 1.46 bits per heavy atom. The van der Waals surface area contributed by atoms with Crippen molar-refractivity contribution in [3.8, 4) is 0 Å². The summed E-state index contributed by atoms with van der Waals surface area (Å²) in [4.78, 5) is 32.7. The molecule has 0 radical (unpaired) electrons. The molecule has 3 fully saturated rings. The maximum atomic E-state index is 12.8. The molecule has 24 heavy (non-hydrogen) atoms. The van der Waals surface area contributed by atoms with Gasteiger partial charge in [0.25, 0.3) is 0 Å². The number of thiazole rings is 1. The van der Waals surface area contributed by atoms with Gasteiger partial charge in [-0.05, 0) is 25.9 Å². The molecule has 2 amide bonds. The highest BCUT2D eigenvalue weighted by atomic mass is 32.1. The smallest absolute Gasteiger partial charge is 0.410 e. The van der Waals surface area contributed by atoms with Crippen molar-refractivity contribution in [3.63, 3.8) is 0 Å². The van der Waals surface area contributed by atoms with Crippen LogP contribution in [0.4, 0.5) is 4.79 Å². The van der Waals surface area contributed by atoms with E-state index in [2.05, 4.69) is 10.3 Å². The molecule has 1 aromatic heterocycles. The minimum atomic E-state index is -0.400. The van der Waals surface area contributed by atoms with E-state index < -0.39 is 5.60 Å². The molecule has 3 heterocycles. The highest BCUT2D eigenvalue weighted by Gasteiger charge is 2.46. The molecule has 8 heteroatoms. The normalized spacial score (nSPS) is 22.7. The maximum absolute atomic E-state index is 12.8. The molecule has 0 aromatic carbocycles. The Kier molecular flexibility index (Phi) is 4.17. The Labute approximate surface area is 145 Å². The summed E-state index contributed by atoms with van der Waals surface area (Å²) in [7, 11) is 0. The number of carbonyl (C=O) groups excluding carboxylic acids is 2. The first-order valence-electron chi connectivity index (χ1n) is 8.52. The number of rotatable bonds is 5. The predicted octanol–water partition coefficient (Wildman–Crippen LogP) is 1.21. The molecule has 7 nitrogen and oxygen atoms in total. The zero-order chi connectivity index (χ0) is 16.6. The third kappa shape index (κ3) is 3.25. The number of hydrogen-bond donors (Lipinski definition) is 1. The van der Waals surface area contributed by atoms with Crippen molar-refractivity contribution in [2.75, 3.05) is 26.2 Å². The van der Waals surface area contributed by atoms with E-state index in [-0.39, 0.29) is 18.5 Å². The Morgan fingerprint density at radius 2 is 2.25 bits per heavy atom. The highest BCUT2D eigenvalue weighted by Crippen LogP contribution is 2.32. The molecule has 1 spiro atoms. The Balaban J connectivity index is 1.40. The van der Waals surface area contributed by atoms with Gasteiger partial charge in [-0.1, -0.05) is 0 Å². The van der Waals surface area contributed by atoms with Crippen LogP contribution in [-0.4, -0.2) is 64.6 Å². The van der Waals surface area contributed by atoms with Crippen LogP contribution in [0.2, 0.25) is 0 Å². The Hall–Kier alpha value is -1.67. The molecule has 1 N–H and O–H groups in total. The standard InChI is InChI=1S/C16H22N4O3S/c21-14(20(12-1-2-12)9-13-18-7-8-24-13)10-19-11-16(23-15(19)22)3-5-17-6-4-16/h7-8,12,17H,1-6,9-11H2. The van der Waals surface area contributed by atoms with Crippen LogP contribution < -0.4 is 5.32 Å². The molecule has 0 atom stereocenters. The van der Waals surface area contributed by atoms with Gasteiger partial charge in [0.2, 0.25) is 5.91 Å². The fourth-order valence-electron chi connectivity index (χ4n) is 3.50. The molecular weight excluding hydrogens is 328 g/mol. The van der Waals surface area contributed by atoms with Gasteiger partial charge in [-0.15, -0.1) is 11.3 Å². The van der Waals surface area contributed by atoms with Crippen molar-refractivity contribution in [1.29, 1.82) is 0 Å². The van der Waals surface area contributed by atoms with Gasteiger partial charge in [-0.3, -0.25) is 9.69 Å². The van der Waals surface area contributed by atoms with Gasteiger partial charge < -0.3 is 15.0 Å². The first-order chi connectivity index (χ1) is 11.7. The minimum Gasteiger partial charge on any atom is -0.441 e. The number of piperidine rings is 1. The first kappa shape index (κ1) is 15.8. The zero-order valence-corrected chi connectivity index (χ0v) is 14.4. The second-order valence-corrected chi connectivity index (χ2v) is 7.81. The molecule has 2 aliphatic heterocycles. The zero-order valence-electron chi connectivity index (χ0n) is 13.6. The summed E-state index contributed by atoms with van der Waals surface area (Å²) in [5.41, 5.74) is -0.400. The van der Waals surface area contributed by atoms with E-state index in [0.717, 1.165) is 43.8 Å². The molecule has 1 aliphatic carbocycles. The molecule has 2 saturated heterocycles. The van der Waals surface area contributed by atoms with Crippen LogP contribution in [0.1, 0.15) is 30.7 Å². The average Bonchev–Trinajstić information content (AvgIpc) is 3.19. The van der Waals surface area contributed by atoms with Crippen LogP contribution in [0, 0.1) is 0 Å². The molecule has 1 saturated carbocycles. The summed E-state index contributed by atoms with van der Waals surface area (Å²) in [5, 5.41) is 6.14. The second-order valence-electron chi connectivity index (χ2n) is 6.84. The second kappa shape index (κ2) is 6.33. The lowest BCUT2D eigenvalue weighted by atomic mass is 9.92. The van der Waals surface area contributed by atoms with Gasteiger partial charge in [0.1, 0.15) is 17.2 Å². The monoisotopic (exact) mass is 350 g/mol.